The molecule has 1 atom stereocenters. The molecule has 0 unspecified atom stereocenters. The highest BCUT2D eigenvalue weighted by Crippen LogP contribution is 2.34. The van der Waals surface area contributed by atoms with Crippen molar-refractivity contribution < 1.29 is 9.53 Å². The van der Waals surface area contributed by atoms with Gasteiger partial charge in [0.1, 0.15) is 6.33 Å². The van der Waals surface area contributed by atoms with Crippen LogP contribution in [0.5, 0.6) is 0 Å². The number of anilines is 9. The topological polar surface area (TPSA) is 234 Å². The number of benzene rings is 2. The average Bonchev–Trinajstić information content (AvgIpc) is 4.18. The molecule has 4 aliphatic heterocycles. The summed E-state index contributed by atoms with van der Waals surface area (Å²) in [6.07, 6.45) is 20.0. The molecule has 1 amide bonds. The quantitative estimate of drug-likeness (QED) is 0.105. The van der Waals surface area contributed by atoms with Crippen molar-refractivity contribution in [2.75, 3.05) is 108 Å². The van der Waals surface area contributed by atoms with Crippen LogP contribution in [-0.2, 0) is 35.3 Å². The van der Waals surface area contributed by atoms with Gasteiger partial charge in [-0.25, -0.2) is 29.9 Å². The summed E-state index contributed by atoms with van der Waals surface area (Å²) in [6, 6.07) is 14.3. The Morgan fingerprint density at radius 3 is 2.04 bits per heavy atom. The molecule has 0 radical (unpaired) electrons. The van der Waals surface area contributed by atoms with Crippen LogP contribution in [0.25, 0.3) is 11.4 Å². The lowest BCUT2D eigenvalue weighted by molar-refractivity contribution is -0.116. The molecule has 1 aliphatic carbocycles. The average molecular weight is 983 g/mol. The maximum atomic E-state index is 11.9. The third kappa shape index (κ3) is 11.4. The normalized spacial score (nSPS) is 18.1. The van der Waals surface area contributed by atoms with Gasteiger partial charge in [0.05, 0.1) is 31.1 Å². The molecule has 73 heavy (non-hydrogen) atoms. The van der Waals surface area contributed by atoms with Gasteiger partial charge in [-0.1, -0.05) is 43.2 Å². The summed E-state index contributed by atoms with van der Waals surface area (Å²) in [4.78, 5) is 68.2. The summed E-state index contributed by atoms with van der Waals surface area (Å²) in [5.74, 6) is 5.03. The maximum Gasteiger partial charge on any atom is 0.232 e. The Kier molecular flexibility index (Phi) is 13.3. The lowest BCUT2D eigenvalue weighted by atomic mass is 10.0. The molecular weight excluding hydrogens is 925 g/mol. The van der Waals surface area contributed by atoms with Crippen LogP contribution in [0.1, 0.15) is 47.9 Å². The highest BCUT2D eigenvalue weighted by molar-refractivity contribution is 5.94. The molecule has 7 aromatic rings. The molecule has 374 valence electrons. The van der Waals surface area contributed by atoms with E-state index in [0.29, 0.717) is 101 Å². The molecule has 12 rings (SSSR count). The van der Waals surface area contributed by atoms with Crippen LogP contribution < -0.4 is 40.9 Å². The molecule has 22 nitrogen and oxygen atoms in total. The third-order valence-electron chi connectivity index (χ3n) is 14.0. The highest BCUT2D eigenvalue weighted by atomic mass is 16.5. The molecule has 5 aromatic heterocycles. The second-order valence-corrected chi connectivity index (χ2v) is 19.3. The number of morpholine rings is 1. The number of rotatable bonds is 16. The Bertz CT molecular complexity index is 3000. The van der Waals surface area contributed by atoms with Crippen LogP contribution in [0.3, 0.4) is 0 Å². The van der Waals surface area contributed by atoms with Gasteiger partial charge in [0, 0.05) is 126 Å². The van der Waals surface area contributed by atoms with Crippen molar-refractivity contribution in [1.82, 2.24) is 64.9 Å². The Labute approximate surface area is 422 Å². The van der Waals surface area contributed by atoms with Crippen molar-refractivity contribution >= 4 is 58.7 Å². The van der Waals surface area contributed by atoms with Gasteiger partial charge in [0.15, 0.2) is 5.82 Å². The fourth-order valence-electron chi connectivity index (χ4n) is 9.61. The summed E-state index contributed by atoms with van der Waals surface area (Å²) in [6.45, 7) is 8.74. The first-order valence-corrected chi connectivity index (χ1v) is 25.4. The van der Waals surface area contributed by atoms with E-state index in [9.17, 15) is 4.79 Å². The second-order valence-electron chi connectivity index (χ2n) is 19.3. The number of carbonyl (C=O) groups excluding carboxylic acids is 1. The number of nitrogens with zero attached hydrogens (tertiary/aromatic N) is 16. The van der Waals surface area contributed by atoms with E-state index in [1.807, 2.05) is 53.9 Å². The van der Waals surface area contributed by atoms with E-state index in [1.165, 1.54) is 31.2 Å². The molecule has 5 aliphatic rings. The number of piperazine rings is 2. The number of carbonyl (C=O) groups is 1. The predicted molar refractivity (Wildman–Crippen MR) is 277 cm³/mol. The first-order chi connectivity index (χ1) is 35.9. The summed E-state index contributed by atoms with van der Waals surface area (Å²) in [5.41, 5.74) is 7.73. The number of fused-ring (bicyclic) bond motifs is 1. The van der Waals surface area contributed by atoms with E-state index >= 15 is 0 Å². The van der Waals surface area contributed by atoms with Crippen molar-refractivity contribution in [2.24, 2.45) is 5.92 Å². The van der Waals surface area contributed by atoms with Crippen LogP contribution in [0, 0.1) is 5.92 Å². The number of aromatic nitrogens is 12. The Morgan fingerprint density at radius 1 is 0.644 bits per heavy atom. The zero-order valence-corrected chi connectivity index (χ0v) is 40.6. The van der Waals surface area contributed by atoms with Crippen LogP contribution in [-0.4, -0.2) is 144 Å². The van der Waals surface area contributed by atoms with Crippen molar-refractivity contribution in [3.63, 3.8) is 0 Å². The van der Waals surface area contributed by atoms with Crippen molar-refractivity contribution in [3.8, 4) is 11.4 Å². The molecule has 2 aromatic carbocycles. The molecule has 0 spiro atoms. The lowest BCUT2D eigenvalue weighted by Gasteiger charge is -2.34. The number of amides is 1. The Morgan fingerprint density at radius 2 is 1.33 bits per heavy atom. The fourth-order valence-corrected chi connectivity index (χ4v) is 9.61. The third-order valence-corrected chi connectivity index (χ3v) is 14.0. The zero-order chi connectivity index (χ0) is 48.9. The molecule has 9 heterocycles. The predicted octanol–water partition coefficient (Wildman–Crippen LogP) is 4.45. The smallest absolute Gasteiger partial charge is 0.232 e. The molecule has 22 heteroatoms. The Hall–Kier alpha value is -7.98. The summed E-state index contributed by atoms with van der Waals surface area (Å²) in [5, 5.41) is 17.6. The number of hydrogen-bond acceptors (Lipinski definition) is 20. The first-order valence-electron chi connectivity index (χ1n) is 25.4. The van der Waals surface area contributed by atoms with E-state index in [1.54, 1.807) is 6.20 Å². The summed E-state index contributed by atoms with van der Waals surface area (Å²) in [7, 11) is 0. The molecule has 4 fully saturated rings. The molecule has 0 bridgehead atoms. The number of nitrogens with one attached hydrogen (secondary N) is 4. The van der Waals surface area contributed by atoms with Crippen molar-refractivity contribution in [2.45, 2.75) is 57.6 Å². The van der Waals surface area contributed by atoms with Gasteiger partial charge < -0.3 is 45.6 Å². The molecule has 4 N–H and O–H groups in total. The van der Waals surface area contributed by atoms with E-state index in [4.69, 9.17) is 44.6 Å². The van der Waals surface area contributed by atoms with Gasteiger partial charge in [-0.05, 0) is 59.6 Å². The molecular formula is C51H58N20O2. The zero-order valence-electron chi connectivity index (χ0n) is 40.6. The van der Waals surface area contributed by atoms with Crippen LogP contribution in [0.15, 0.2) is 86.0 Å². The summed E-state index contributed by atoms with van der Waals surface area (Å²) < 4.78 is 7.80. The van der Waals surface area contributed by atoms with E-state index in [2.05, 4.69) is 80.2 Å². The Balaban J connectivity index is 0.679. The van der Waals surface area contributed by atoms with Gasteiger partial charge in [-0.2, -0.15) is 25.0 Å². The van der Waals surface area contributed by atoms with Crippen molar-refractivity contribution in [3.05, 3.63) is 108 Å². The van der Waals surface area contributed by atoms with E-state index in [-0.39, 0.29) is 12.0 Å². The monoisotopic (exact) mass is 983 g/mol. The van der Waals surface area contributed by atoms with Crippen molar-refractivity contribution in [1.29, 1.82) is 0 Å². The van der Waals surface area contributed by atoms with Crippen LogP contribution in [0.2, 0.25) is 0 Å². The first kappa shape index (κ1) is 46.1. The lowest BCUT2D eigenvalue weighted by Crippen LogP contribution is -2.47. The SMILES string of the molecule is O=C1CCc2ccc(Nc3ncnc(N4CCN(c5ncc(Cc6ccc(-c7nc(Nc8cnn(C[C@@H]9CNCCO9)c8)nc(N8CCN(c9ncc(CCC%10CC%10)cn9)CC8)n7)cc6)cn5)CC4)n3)cc2N1. The summed E-state index contributed by atoms with van der Waals surface area (Å²) >= 11 is 0. The number of aryl methyl sites for hydroxylation is 2. The molecule has 1 saturated carbocycles. The van der Waals surface area contributed by atoms with Gasteiger partial charge in [0.2, 0.25) is 41.6 Å². The standard InChI is InChI=1S/C51H58N20O2/c72-44-12-10-38-9-11-40(24-43(38)62-44)60-46-57-33-58-50(65-46)69-18-14-67(15-19-69)49-55-27-37(28-56-49)23-35-5-7-39(8-6-35)45-63-47(61-41-29-59-71(31-41)32-42-30-52-13-22-73-42)66-51(64-45)70-20-16-68(17-21-70)48-53-25-36(26-54-48)4-3-34-1-2-34/h5-9,11,24-29,31,33-34,42,52H,1-4,10,12-23,30,32H2,(H,62,72)(H,57,58,60,65)(H,61,63,64,66)/t42-/m0/s1. The van der Waals surface area contributed by atoms with Crippen LogP contribution in [0.4, 0.5) is 52.8 Å². The molecule has 3 saturated heterocycles. The minimum Gasteiger partial charge on any atom is -0.374 e. The number of ether oxygens (including phenoxy) is 1. The fraction of sp³-hybridized carbons (Fsp3) is 0.412. The highest BCUT2D eigenvalue weighted by Gasteiger charge is 2.26. The van der Waals surface area contributed by atoms with Gasteiger partial charge in [-0.15, -0.1) is 0 Å². The van der Waals surface area contributed by atoms with E-state index in [0.717, 1.165) is 90.2 Å². The maximum absolute atomic E-state index is 11.9. The van der Waals surface area contributed by atoms with E-state index < -0.39 is 0 Å². The van der Waals surface area contributed by atoms with Crippen LogP contribution >= 0.6 is 0 Å². The second kappa shape index (κ2) is 21.0. The minimum absolute atomic E-state index is 0.0273. The largest absolute Gasteiger partial charge is 0.374 e. The van der Waals surface area contributed by atoms with Gasteiger partial charge in [-0.3, -0.25) is 9.48 Å². The number of hydrogen-bond donors (Lipinski definition) is 4. The van der Waals surface area contributed by atoms with Gasteiger partial charge >= 0.3 is 0 Å². The minimum atomic E-state index is 0.0273. The van der Waals surface area contributed by atoms with Gasteiger partial charge in [0.25, 0.3) is 0 Å².